The second-order valence-corrected chi connectivity index (χ2v) is 7.54. The first-order valence-electron chi connectivity index (χ1n) is 9.42. The van der Waals surface area contributed by atoms with Gasteiger partial charge in [0.2, 0.25) is 0 Å². The van der Waals surface area contributed by atoms with Crippen LogP contribution < -0.4 is 5.32 Å². The van der Waals surface area contributed by atoms with Gasteiger partial charge in [-0.1, -0.05) is 19.3 Å². The van der Waals surface area contributed by atoms with Gasteiger partial charge in [-0.05, 0) is 57.9 Å². The molecule has 2 heterocycles. The lowest BCUT2D eigenvalue weighted by Crippen LogP contribution is -2.47. The van der Waals surface area contributed by atoms with Crippen LogP contribution in [-0.2, 0) is 4.74 Å². The van der Waals surface area contributed by atoms with Crippen LogP contribution in [0.2, 0.25) is 0 Å². The minimum atomic E-state index is 0.492. The number of nitrogens with zero attached hydrogens (tertiary/aromatic N) is 1. The molecule has 1 aliphatic carbocycles. The van der Waals surface area contributed by atoms with Gasteiger partial charge in [-0.3, -0.25) is 4.90 Å². The molecule has 3 unspecified atom stereocenters. The fourth-order valence-corrected chi connectivity index (χ4v) is 4.48. The predicted molar refractivity (Wildman–Crippen MR) is 87.6 cm³/mol. The van der Waals surface area contributed by atoms with Crippen molar-refractivity contribution in [1.82, 2.24) is 10.2 Å². The van der Waals surface area contributed by atoms with Crippen LogP contribution >= 0.6 is 0 Å². The summed E-state index contributed by atoms with van der Waals surface area (Å²) >= 11 is 0. The molecule has 1 N–H and O–H groups in total. The van der Waals surface area contributed by atoms with E-state index >= 15 is 0 Å². The highest BCUT2D eigenvalue weighted by Crippen LogP contribution is 2.28. The van der Waals surface area contributed by atoms with E-state index in [9.17, 15) is 0 Å². The molecule has 0 amide bonds. The van der Waals surface area contributed by atoms with Gasteiger partial charge in [0, 0.05) is 31.8 Å². The van der Waals surface area contributed by atoms with Gasteiger partial charge in [0.05, 0.1) is 6.10 Å². The van der Waals surface area contributed by atoms with Gasteiger partial charge in [0.15, 0.2) is 0 Å². The number of ether oxygens (including phenoxy) is 1. The lowest BCUT2D eigenvalue weighted by atomic mass is 9.83. The molecule has 3 atom stereocenters. The standard InChI is InChI=1S/C18H34N2O/c1-15-10-11-19-18(16-7-3-2-4-8-16)14-20(15)13-17-9-5-6-12-21-17/h15-19H,2-14H2,1H3. The normalized spacial score (nSPS) is 37.3. The van der Waals surface area contributed by atoms with Crippen molar-refractivity contribution in [2.75, 3.05) is 26.2 Å². The van der Waals surface area contributed by atoms with Crippen LogP contribution in [0.3, 0.4) is 0 Å². The maximum absolute atomic E-state index is 5.99. The lowest BCUT2D eigenvalue weighted by molar-refractivity contribution is -0.0139. The molecule has 0 aromatic carbocycles. The van der Waals surface area contributed by atoms with Crippen LogP contribution in [0.1, 0.15) is 64.7 Å². The second kappa shape index (κ2) is 7.94. The van der Waals surface area contributed by atoms with Crippen molar-refractivity contribution in [2.24, 2.45) is 5.92 Å². The van der Waals surface area contributed by atoms with Crippen LogP contribution in [0.25, 0.3) is 0 Å². The zero-order valence-electron chi connectivity index (χ0n) is 13.9. The summed E-state index contributed by atoms with van der Waals surface area (Å²) in [6.45, 7) is 6.99. The van der Waals surface area contributed by atoms with Gasteiger partial charge in [0.25, 0.3) is 0 Å². The van der Waals surface area contributed by atoms with Crippen molar-refractivity contribution in [2.45, 2.75) is 82.9 Å². The van der Waals surface area contributed by atoms with E-state index in [-0.39, 0.29) is 0 Å². The van der Waals surface area contributed by atoms with Gasteiger partial charge in [-0.25, -0.2) is 0 Å². The van der Waals surface area contributed by atoms with Crippen LogP contribution in [0.5, 0.6) is 0 Å². The minimum absolute atomic E-state index is 0.492. The van der Waals surface area contributed by atoms with E-state index in [2.05, 4.69) is 17.1 Å². The first kappa shape index (κ1) is 15.8. The van der Waals surface area contributed by atoms with E-state index in [1.807, 2.05) is 0 Å². The summed E-state index contributed by atoms with van der Waals surface area (Å²) in [5.41, 5.74) is 0. The van der Waals surface area contributed by atoms with Gasteiger partial charge in [-0.15, -0.1) is 0 Å². The van der Waals surface area contributed by atoms with Gasteiger partial charge < -0.3 is 10.1 Å². The largest absolute Gasteiger partial charge is 0.377 e. The SMILES string of the molecule is CC1CCNC(C2CCCCC2)CN1CC1CCCCO1. The Bertz CT molecular complexity index is 298. The Balaban J connectivity index is 1.57. The van der Waals surface area contributed by atoms with Crippen LogP contribution in [0, 0.1) is 5.92 Å². The zero-order chi connectivity index (χ0) is 14.5. The van der Waals surface area contributed by atoms with E-state index < -0.39 is 0 Å². The van der Waals surface area contributed by atoms with E-state index in [0.717, 1.165) is 25.1 Å². The van der Waals surface area contributed by atoms with Crippen LogP contribution in [0.15, 0.2) is 0 Å². The molecule has 3 heteroatoms. The average molecular weight is 294 g/mol. The van der Waals surface area contributed by atoms with Crippen LogP contribution in [0.4, 0.5) is 0 Å². The number of rotatable bonds is 3. The Labute approximate surface area is 130 Å². The monoisotopic (exact) mass is 294 g/mol. The van der Waals surface area contributed by atoms with Gasteiger partial charge >= 0.3 is 0 Å². The molecule has 3 fully saturated rings. The Hall–Kier alpha value is -0.120. The highest BCUT2D eigenvalue weighted by molar-refractivity contribution is 4.88. The first-order valence-corrected chi connectivity index (χ1v) is 9.42. The van der Waals surface area contributed by atoms with Crippen molar-refractivity contribution in [3.63, 3.8) is 0 Å². The molecule has 3 nitrogen and oxygen atoms in total. The van der Waals surface area contributed by atoms with E-state index in [0.29, 0.717) is 12.1 Å². The van der Waals surface area contributed by atoms with E-state index in [4.69, 9.17) is 4.74 Å². The third kappa shape index (κ3) is 4.43. The fourth-order valence-electron chi connectivity index (χ4n) is 4.48. The molecule has 0 aromatic heterocycles. The summed E-state index contributed by atoms with van der Waals surface area (Å²) in [6.07, 6.45) is 12.9. The van der Waals surface area contributed by atoms with Gasteiger partial charge in [0.1, 0.15) is 0 Å². The molecular formula is C18H34N2O. The Morgan fingerprint density at radius 1 is 1.00 bits per heavy atom. The maximum atomic E-state index is 5.99. The molecule has 21 heavy (non-hydrogen) atoms. The maximum Gasteiger partial charge on any atom is 0.0702 e. The molecule has 1 saturated carbocycles. The van der Waals surface area contributed by atoms with E-state index in [1.165, 1.54) is 70.9 Å². The quantitative estimate of drug-likeness (QED) is 0.865. The molecular weight excluding hydrogens is 260 g/mol. The first-order chi connectivity index (χ1) is 10.3. The molecule has 122 valence electrons. The summed E-state index contributed by atoms with van der Waals surface area (Å²) in [5, 5.41) is 3.87. The Morgan fingerprint density at radius 2 is 1.81 bits per heavy atom. The third-order valence-corrected chi connectivity index (χ3v) is 5.95. The summed E-state index contributed by atoms with van der Waals surface area (Å²) < 4.78 is 5.99. The molecule has 0 radical (unpaired) electrons. The molecule has 2 saturated heterocycles. The molecule has 3 aliphatic rings. The lowest BCUT2D eigenvalue weighted by Gasteiger charge is -2.36. The Kier molecular flexibility index (Phi) is 5.96. The number of hydrogen-bond donors (Lipinski definition) is 1. The summed E-state index contributed by atoms with van der Waals surface area (Å²) in [7, 11) is 0. The number of hydrogen-bond acceptors (Lipinski definition) is 3. The molecule has 3 rings (SSSR count). The van der Waals surface area contributed by atoms with Crippen molar-refractivity contribution in [3.05, 3.63) is 0 Å². The fraction of sp³-hybridized carbons (Fsp3) is 1.00. The third-order valence-electron chi connectivity index (χ3n) is 5.95. The minimum Gasteiger partial charge on any atom is -0.377 e. The Morgan fingerprint density at radius 3 is 2.57 bits per heavy atom. The molecule has 0 aromatic rings. The highest BCUT2D eigenvalue weighted by Gasteiger charge is 2.30. The van der Waals surface area contributed by atoms with E-state index in [1.54, 1.807) is 0 Å². The molecule has 0 spiro atoms. The van der Waals surface area contributed by atoms with Gasteiger partial charge in [-0.2, -0.15) is 0 Å². The van der Waals surface area contributed by atoms with Crippen molar-refractivity contribution in [1.29, 1.82) is 0 Å². The number of nitrogens with one attached hydrogen (secondary N) is 1. The predicted octanol–water partition coefficient (Wildman–Crippen LogP) is 3.19. The van der Waals surface area contributed by atoms with Crippen LogP contribution in [-0.4, -0.2) is 49.3 Å². The van der Waals surface area contributed by atoms with Crippen molar-refractivity contribution in [3.8, 4) is 0 Å². The molecule has 2 aliphatic heterocycles. The average Bonchev–Trinajstić information content (AvgIpc) is 2.72. The highest BCUT2D eigenvalue weighted by atomic mass is 16.5. The summed E-state index contributed by atoms with van der Waals surface area (Å²) in [6, 6.07) is 1.43. The smallest absolute Gasteiger partial charge is 0.0702 e. The zero-order valence-corrected chi connectivity index (χ0v) is 13.9. The topological polar surface area (TPSA) is 24.5 Å². The van der Waals surface area contributed by atoms with Crippen molar-refractivity contribution < 1.29 is 4.74 Å². The molecule has 0 bridgehead atoms. The second-order valence-electron chi connectivity index (χ2n) is 7.54. The summed E-state index contributed by atoms with van der Waals surface area (Å²) in [4.78, 5) is 2.73. The van der Waals surface area contributed by atoms with Crippen molar-refractivity contribution >= 4 is 0 Å². The summed E-state index contributed by atoms with van der Waals surface area (Å²) in [5.74, 6) is 0.916.